The van der Waals surface area contributed by atoms with Gasteiger partial charge in [-0.2, -0.15) is 0 Å². The molecule has 1 rings (SSSR count). The number of nitrogens with two attached hydrogens (primary N) is 1. The van der Waals surface area contributed by atoms with Crippen molar-refractivity contribution in [2.24, 2.45) is 5.73 Å². The summed E-state index contributed by atoms with van der Waals surface area (Å²) in [5.41, 5.74) is 7.61. The Bertz CT molecular complexity index is 417. The highest BCUT2D eigenvalue weighted by Gasteiger charge is 2.21. The molecule has 17 heavy (non-hydrogen) atoms. The van der Waals surface area contributed by atoms with Crippen LogP contribution < -0.4 is 15.2 Å². The molecule has 0 amide bonds. The molecule has 0 aliphatic rings. The Morgan fingerprint density at radius 2 is 1.65 bits per heavy atom. The molecular weight excluding hydrogens is 221 g/mol. The van der Waals surface area contributed by atoms with Crippen molar-refractivity contribution < 1.29 is 13.9 Å². The van der Waals surface area contributed by atoms with Gasteiger partial charge in [-0.3, -0.25) is 0 Å². The largest absolute Gasteiger partial charge is 0.493 e. The lowest BCUT2D eigenvalue weighted by molar-refractivity contribution is 0.345. The average molecular weight is 241 g/mol. The highest BCUT2D eigenvalue weighted by atomic mass is 19.1. The fourth-order valence-corrected chi connectivity index (χ4v) is 2.02. The van der Waals surface area contributed by atoms with Crippen molar-refractivity contribution in [3.63, 3.8) is 0 Å². The Labute approximate surface area is 102 Å². The van der Waals surface area contributed by atoms with Crippen LogP contribution >= 0.6 is 0 Å². The molecule has 1 aromatic rings. The summed E-state index contributed by atoms with van der Waals surface area (Å²) in [7, 11) is 3.06. The predicted molar refractivity (Wildman–Crippen MR) is 66.3 cm³/mol. The van der Waals surface area contributed by atoms with Gasteiger partial charge in [-0.05, 0) is 32.8 Å². The molecule has 0 aliphatic carbocycles. The second-order valence-corrected chi connectivity index (χ2v) is 4.29. The van der Waals surface area contributed by atoms with Gasteiger partial charge in [0.2, 0.25) is 0 Å². The van der Waals surface area contributed by atoms with Gasteiger partial charge in [0, 0.05) is 17.2 Å². The van der Waals surface area contributed by atoms with Gasteiger partial charge in [-0.25, -0.2) is 4.39 Å². The summed E-state index contributed by atoms with van der Waals surface area (Å²) in [5.74, 6) is 0.783. The van der Waals surface area contributed by atoms with Gasteiger partial charge in [0.15, 0.2) is 11.5 Å². The van der Waals surface area contributed by atoms with Gasteiger partial charge < -0.3 is 15.2 Å². The maximum atomic E-state index is 14.0. The van der Waals surface area contributed by atoms with Crippen LogP contribution in [0.1, 0.15) is 23.6 Å². The molecule has 1 unspecified atom stereocenters. The zero-order chi connectivity index (χ0) is 13.2. The number of ether oxygens (including phenoxy) is 2. The molecule has 0 aliphatic heterocycles. The number of hydrogen-bond acceptors (Lipinski definition) is 3. The van der Waals surface area contributed by atoms with Gasteiger partial charge in [0.1, 0.15) is 5.82 Å². The van der Waals surface area contributed by atoms with Crippen LogP contribution in [0.5, 0.6) is 11.5 Å². The molecular formula is C13H20FNO2. The Kier molecular flexibility index (Phi) is 4.34. The molecule has 0 saturated carbocycles. The van der Waals surface area contributed by atoms with Crippen molar-refractivity contribution >= 4 is 0 Å². The number of rotatable bonds is 4. The molecule has 0 radical (unpaired) electrons. The molecule has 3 nitrogen and oxygen atoms in total. The minimum absolute atomic E-state index is 0.0607. The van der Waals surface area contributed by atoms with Crippen LogP contribution in [0.2, 0.25) is 0 Å². The highest BCUT2D eigenvalue weighted by Crippen LogP contribution is 2.39. The SMILES string of the molecule is COc1c(C)c(F)c(C)c(CC(C)N)c1OC. The van der Waals surface area contributed by atoms with Crippen LogP contribution in [0.4, 0.5) is 4.39 Å². The Morgan fingerprint density at radius 3 is 2.06 bits per heavy atom. The van der Waals surface area contributed by atoms with Crippen LogP contribution in [-0.4, -0.2) is 20.3 Å². The average Bonchev–Trinajstić information content (AvgIpc) is 2.29. The van der Waals surface area contributed by atoms with E-state index in [2.05, 4.69) is 0 Å². The van der Waals surface area contributed by atoms with Crippen LogP contribution in [0.15, 0.2) is 0 Å². The van der Waals surface area contributed by atoms with Crippen LogP contribution in [0.3, 0.4) is 0 Å². The van der Waals surface area contributed by atoms with Gasteiger partial charge in [-0.1, -0.05) is 0 Å². The molecule has 0 spiro atoms. The molecule has 1 atom stereocenters. The van der Waals surface area contributed by atoms with Crippen molar-refractivity contribution in [2.45, 2.75) is 33.2 Å². The van der Waals surface area contributed by atoms with Gasteiger partial charge in [-0.15, -0.1) is 0 Å². The van der Waals surface area contributed by atoms with Gasteiger partial charge in [0.05, 0.1) is 14.2 Å². The first-order valence-corrected chi connectivity index (χ1v) is 5.59. The van der Waals surface area contributed by atoms with Crippen LogP contribution in [0, 0.1) is 19.7 Å². The summed E-state index contributed by atoms with van der Waals surface area (Å²) < 4.78 is 24.6. The van der Waals surface area contributed by atoms with E-state index in [0.29, 0.717) is 29.0 Å². The monoisotopic (exact) mass is 241 g/mol. The third kappa shape index (κ3) is 2.52. The number of benzene rings is 1. The third-order valence-electron chi connectivity index (χ3n) is 2.87. The highest BCUT2D eigenvalue weighted by molar-refractivity contribution is 5.56. The Balaban J connectivity index is 3.50. The topological polar surface area (TPSA) is 44.5 Å². The first kappa shape index (κ1) is 13.8. The number of methoxy groups -OCH3 is 2. The fourth-order valence-electron chi connectivity index (χ4n) is 2.02. The Morgan fingerprint density at radius 1 is 1.12 bits per heavy atom. The molecule has 2 N–H and O–H groups in total. The number of halogens is 1. The van der Waals surface area contributed by atoms with E-state index in [4.69, 9.17) is 15.2 Å². The van der Waals surface area contributed by atoms with E-state index in [-0.39, 0.29) is 11.9 Å². The summed E-state index contributed by atoms with van der Waals surface area (Å²) in [6, 6.07) is -0.0607. The van der Waals surface area contributed by atoms with Gasteiger partial charge in [0.25, 0.3) is 0 Å². The zero-order valence-electron chi connectivity index (χ0n) is 11.1. The second-order valence-electron chi connectivity index (χ2n) is 4.29. The lowest BCUT2D eigenvalue weighted by atomic mass is 9.97. The number of hydrogen-bond donors (Lipinski definition) is 1. The standard InChI is InChI=1S/C13H20FNO2/c1-7(15)6-10-8(2)11(14)9(3)12(16-4)13(10)17-5/h7H,6,15H2,1-5H3. The molecule has 0 saturated heterocycles. The van der Waals surface area contributed by atoms with Crippen LogP contribution in [0.25, 0.3) is 0 Å². The van der Waals surface area contributed by atoms with Crippen molar-refractivity contribution in [2.75, 3.05) is 14.2 Å². The lowest BCUT2D eigenvalue weighted by Gasteiger charge is -2.19. The lowest BCUT2D eigenvalue weighted by Crippen LogP contribution is -2.19. The minimum atomic E-state index is -0.252. The summed E-state index contributed by atoms with van der Waals surface area (Å²) in [5, 5.41) is 0. The van der Waals surface area contributed by atoms with Crippen molar-refractivity contribution in [1.29, 1.82) is 0 Å². The molecule has 0 aromatic heterocycles. The summed E-state index contributed by atoms with van der Waals surface area (Å²) >= 11 is 0. The molecule has 0 fully saturated rings. The molecule has 0 heterocycles. The summed E-state index contributed by atoms with van der Waals surface area (Å²) in [6.07, 6.45) is 0.558. The van der Waals surface area contributed by atoms with E-state index < -0.39 is 0 Å². The van der Waals surface area contributed by atoms with Gasteiger partial charge >= 0.3 is 0 Å². The summed E-state index contributed by atoms with van der Waals surface area (Å²) in [6.45, 7) is 5.30. The minimum Gasteiger partial charge on any atom is -0.493 e. The van der Waals surface area contributed by atoms with Crippen LogP contribution in [-0.2, 0) is 6.42 Å². The predicted octanol–water partition coefficient (Wildman–Crippen LogP) is 2.35. The van der Waals surface area contributed by atoms with Crippen molar-refractivity contribution in [1.82, 2.24) is 0 Å². The second kappa shape index (κ2) is 5.36. The first-order valence-electron chi connectivity index (χ1n) is 5.59. The molecule has 0 bridgehead atoms. The maximum Gasteiger partial charge on any atom is 0.166 e. The fraction of sp³-hybridized carbons (Fsp3) is 0.538. The zero-order valence-corrected chi connectivity index (χ0v) is 11.1. The van der Waals surface area contributed by atoms with Crippen molar-refractivity contribution in [3.05, 3.63) is 22.5 Å². The van der Waals surface area contributed by atoms with E-state index in [1.807, 2.05) is 6.92 Å². The first-order chi connectivity index (χ1) is 7.93. The van der Waals surface area contributed by atoms with E-state index in [9.17, 15) is 4.39 Å². The smallest absolute Gasteiger partial charge is 0.166 e. The molecule has 4 heteroatoms. The summed E-state index contributed by atoms with van der Waals surface area (Å²) in [4.78, 5) is 0. The Hall–Kier alpha value is -1.29. The van der Waals surface area contributed by atoms with E-state index in [1.165, 1.54) is 7.11 Å². The van der Waals surface area contributed by atoms with Crippen molar-refractivity contribution in [3.8, 4) is 11.5 Å². The maximum absolute atomic E-state index is 14.0. The van der Waals surface area contributed by atoms with E-state index >= 15 is 0 Å². The van der Waals surface area contributed by atoms with E-state index in [0.717, 1.165) is 5.56 Å². The normalized spacial score (nSPS) is 12.4. The molecule has 96 valence electrons. The molecule has 1 aromatic carbocycles. The quantitative estimate of drug-likeness (QED) is 0.880. The van der Waals surface area contributed by atoms with E-state index in [1.54, 1.807) is 21.0 Å². The third-order valence-corrected chi connectivity index (χ3v) is 2.87.